The Morgan fingerprint density at radius 3 is 3.36 bits per heavy atom. The van der Waals surface area contributed by atoms with E-state index in [2.05, 4.69) is 0 Å². The molecule has 11 heavy (non-hydrogen) atoms. The first-order valence-corrected chi connectivity index (χ1v) is 3.80. The molecule has 0 N–H and O–H groups in total. The number of Topliss-reactive ketones (excluding diaryl/α,β-unsaturated/α-hetero) is 1. The predicted octanol–water partition coefficient (Wildman–Crippen LogP) is 0.647. The number of rotatable bonds is 0. The van der Waals surface area contributed by atoms with E-state index in [4.69, 9.17) is 9.47 Å². The Morgan fingerprint density at radius 1 is 1.55 bits per heavy atom. The highest BCUT2D eigenvalue weighted by Crippen LogP contribution is 2.18. The molecule has 3 heteroatoms. The van der Waals surface area contributed by atoms with E-state index in [0.717, 1.165) is 0 Å². The maximum Gasteiger partial charge on any atom is 0.177 e. The topological polar surface area (TPSA) is 35.5 Å². The third-order valence-electron chi connectivity index (χ3n) is 1.87. The first kappa shape index (κ1) is 7.00. The van der Waals surface area contributed by atoms with Gasteiger partial charge in [0.05, 0.1) is 12.7 Å². The maximum atomic E-state index is 11.0. The normalized spacial score (nSPS) is 39.8. The SMILES string of the molecule is O=C1C/C=C\C2OCC(C1)O2. The first-order chi connectivity index (χ1) is 5.34. The second-order valence-electron chi connectivity index (χ2n) is 2.83. The second-order valence-corrected chi connectivity index (χ2v) is 2.83. The Morgan fingerprint density at radius 2 is 2.45 bits per heavy atom. The third-order valence-corrected chi connectivity index (χ3v) is 1.87. The molecule has 2 heterocycles. The van der Waals surface area contributed by atoms with Crippen LogP contribution in [0.5, 0.6) is 0 Å². The largest absolute Gasteiger partial charge is 0.346 e. The van der Waals surface area contributed by atoms with E-state index in [1.807, 2.05) is 6.08 Å². The molecule has 2 atom stereocenters. The lowest BCUT2D eigenvalue weighted by Gasteiger charge is -2.09. The van der Waals surface area contributed by atoms with Gasteiger partial charge in [0.15, 0.2) is 6.29 Å². The quantitative estimate of drug-likeness (QED) is 0.480. The van der Waals surface area contributed by atoms with Gasteiger partial charge < -0.3 is 9.47 Å². The van der Waals surface area contributed by atoms with Crippen LogP contribution in [0.2, 0.25) is 0 Å². The van der Waals surface area contributed by atoms with Crippen molar-refractivity contribution in [2.24, 2.45) is 0 Å². The molecule has 2 unspecified atom stereocenters. The maximum absolute atomic E-state index is 11.0. The van der Waals surface area contributed by atoms with Gasteiger partial charge in [0.2, 0.25) is 0 Å². The summed E-state index contributed by atoms with van der Waals surface area (Å²) in [7, 11) is 0. The smallest absolute Gasteiger partial charge is 0.177 e. The molecule has 1 saturated heterocycles. The average Bonchev–Trinajstić information content (AvgIpc) is 2.34. The van der Waals surface area contributed by atoms with Crippen molar-refractivity contribution in [1.29, 1.82) is 0 Å². The minimum atomic E-state index is -0.201. The molecule has 0 aromatic carbocycles. The van der Waals surface area contributed by atoms with Crippen LogP contribution < -0.4 is 0 Å². The van der Waals surface area contributed by atoms with Crippen molar-refractivity contribution < 1.29 is 14.3 Å². The van der Waals surface area contributed by atoms with Crippen molar-refractivity contribution in [1.82, 2.24) is 0 Å². The van der Waals surface area contributed by atoms with Crippen molar-refractivity contribution in [3.8, 4) is 0 Å². The van der Waals surface area contributed by atoms with Crippen LogP contribution in [0.1, 0.15) is 12.8 Å². The highest BCUT2D eigenvalue weighted by molar-refractivity contribution is 5.80. The Labute approximate surface area is 65.0 Å². The Hall–Kier alpha value is -0.670. The number of carbonyl (C=O) groups is 1. The number of hydrogen-bond donors (Lipinski definition) is 0. The van der Waals surface area contributed by atoms with Crippen LogP contribution >= 0.6 is 0 Å². The van der Waals surface area contributed by atoms with E-state index in [1.165, 1.54) is 0 Å². The fraction of sp³-hybridized carbons (Fsp3) is 0.625. The summed E-state index contributed by atoms with van der Waals surface area (Å²) in [4.78, 5) is 11.0. The van der Waals surface area contributed by atoms with Gasteiger partial charge in [-0.25, -0.2) is 0 Å². The molecule has 0 amide bonds. The van der Waals surface area contributed by atoms with Gasteiger partial charge in [-0.05, 0) is 6.08 Å². The molecule has 1 fully saturated rings. The zero-order chi connectivity index (χ0) is 7.68. The molecule has 0 radical (unpaired) electrons. The Kier molecular flexibility index (Phi) is 1.75. The van der Waals surface area contributed by atoms with Crippen LogP contribution in [0, 0.1) is 0 Å². The summed E-state index contributed by atoms with van der Waals surface area (Å²) >= 11 is 0. The lowest BCUT2D eigenvalue weighted by molar-refractivity contribution is -0.121. The minimum Gasteiger partial charge on any atom is -0.346 e. The van der Waals surface area contributed by atoms with Crippen LogP contribution in [0.3, 0.4) is 0 Å². The van der Waals surface area contributed by atoms with Gasteiger partial charge in [-0.1, -0.05) is 6.08 Å². The van der Waals surface area contributed by atoms with E-state index in [9.17, 15) is 4.79 Å². The monoisotopic (exact) mass is 154 g/mol. The van der Waals surface area contributed by atoms with E-state index in [-0.39, 0.29) is 18.2 Å². The molecule has 2 bridgehead atoms. The van der Waals surface area contributed by atoms with Gasteiger partial charge in [0.25, 0.3) is 0 Å². The summed E-state index contributed by atoms with van der Waals surface area (Å²) in [6.45, 7) is 0.556. The first-order valence-electron chi connectivity index (χ1n) is 3.80. The molecular formula is C8H10O3. The zero-order valence-electron chi connectivity index (χ0n) is 6.16. The molecule has 2 rings (SSSR count). The Bertz CT molecular complexity index is 198. The number of carbonyl (C=O) groups excluding carboxylic acids is 1. The number of fused-ring (bicyclic) bond motifs is 2. The van der Waals surface area contributed by atoms with Crippen LogP contribution in [0.4, 0.5) is 0 Å². The van der Waals surface area contributed by atoms with Crippen molar-refractivity contribution in [3.05, 3.63) is 12.2 Å². The van der Waals surface area contributed by atoms with E-state index in [1.54, 1.807) is 6.08 Å². The van der Waals surface area contributed by atoms with E-state index in [0.29, 0.717) is 19.4 Å². The lowest BCUT2D eigenvalue weighted by Crippen LogP contribution is -2.17. The lowest BCUT2D eigenvalue weighted by atomic mass is 10.1. The summed E-state index contributed by atoms with van der Waals surface area (Å²) in [5, 5.41) is 0. The molecule has 3 nitrogen and oxygen atoms in total. The summed E-state index contributed by atoms with van der Waals surface area (Å²) in [5.74, 6) is 0.232. The second kappa shape index (κ2) is 2.75. The van der Waals surface area contributed by atoms with Gasteiger partial charge in [-0.15, -0.1) is 0 Å². The molecule has 0 aromatic rings. The van der Waals surface area contributed by atoms with Gasteiger partial charge >= 0.3 is 0 Å². The van der Waals surface area contributed by atoms with Crippen molar-refractivity contribution in [3.63, 3.8) is 0 Å². The van der Waals surface area contributed by atoms with E-state index >= 15 is 0 Å². The van der Waals surface area contributed by atoms with Crippen molar-refractivity contribution in [2.45, 2.75) is 25.2 Å². The molecule has 0 aliphatic carbocycles. The van der Waals surface area contributed by atoms with Gasteiger partial charge in [-0.3, -0.25) is 4.79 Å². The fourth-order valence-electron chi connectivity index (χ4n) is 1.33. The summed E-state index contributed by atoms with van der Waals surface area (Å²) < 4.78 is 10.6. The summed E-state index contributed by atoms with van der Waals surface area (Å²) in [5.41, 5.74) is 0. The fourth-order valence-corrected chi connectivity index (χ4v) is 1.33. The molecule has 2 aliphatic rings. The Balaban J connectivity index is 2.11. The number of ether oxygens (including phenoxy) is 2. The minimum absolute atomic E-state index is 0.00236. The van der Waals surface area contributed by atoms with Crippen LogP contribution in [0.25, 0.3) is 0 Å². The highest BCUT2D eigenvalue weighted by Gasteiger charge is 2.27. The molecule has 60 valence electrons. The molecule has 2 aliphatic heterocycles. The summed E-state index contributed by atoms with van der Waals surface area (Å²) in [6.07, 6.45) is 4.44. The van der Waals surface area contributed by atoms with Gasteiger partial charge in [0.1, 0.15) is 5.78 Å². The number of ketones is 1. The standard InChI is InChI=1S/C8H10O3/c9-6-2-1-3-8-10-5-7(4-6)11-8/h1,3,7-8H,2,4-5H2/b3-1-. The van der Waals surface area contributed by atoms with Crippen LogP contribution in [0.15, 0.2) is 12.2 Å². The number of allylic oxidation sites excluding steroid dienone is 1. The molecular weight excluding hydrogens is 144 g/mol. The highest BCUT2D eigenvalue weighted by atomic mass is 16.7. The van der Waals surface area contributed by atoms with Crippen molar-refractivity contribution >= 4 is 5.78 Å². The molecule has 0 saturated carbocycles. The molecule has 0 spiro atoms. The number of hydrogen-bond acceptors (Lipinski definition) is 3. The predicted molar refractivity (Wildman–Crippen MR) is 38.0 cm³/mol. The average molecular weight is 154 g/mol. The van der Waals surface area contributed by atoms with Crippen LogP contribution in [-0.4, -0.2) is 24.8 Å². The van der Waals surface area contributed by atoms with Gasteiger partial charge in [0, 0.05) is 12.8 Å². The molecule has 0 aromatic heterocycles. The van der Waals surface area contributed by atoms with Crippen LogP contribution in [-0.2, 0) is 14.3 Å². The zero-order valence-corrected chi connectivity index (χ0v) is 6.16. The van der Waals surface area contributed by atoms with Crippen molar-refractivity contribution in [2.75, 3.05) is 6.61 Å². The van der Waals surface area contributed by atoms with E-state index < -0.39 is 0 Å². The summed E-state index contributed by atoms with van der Waals surface area (Å²) in [6, 6.07) is 0. The third kappa shape index (κ3) is 1.49. The van der Waals surface area contributed by atoms with Gasteiger partial charge in [-0.2, -0.15) is 0 Å².